The lowest BCUT2D eigenvalue weighted by Crippen LogP contribution is -2.15. The molecule has 1 heterocycles. The van der Waals surface area contributed by atoms with Crippen molar-refractivity contribution in [3.8, 4) is 0 Å². The van der Waals surface area contributed by atoms with Crippen molar-refractivity contribution in [2.24, 2.45) is 11.3 Å². The first-order valence-electron chi connectivity index (χ1n) is 6.29. The molecule has 1 aromatic heterocycles. The minimum atomic E-state index is 0.398. The van der Waals surface area contributed by atoms with Crippen LogP contribution in [0.4, 0.5) is 0 Å². The van der Waals surface area contributed by atoms with Crippen molar-refractivity contribution in [1.29, 1.82) is 0 Å². The highest BCUT2D eigenvalue weighted by Crippen LogP contribution is 2.25. The van der Waals surface area contributed by atoms with Crippen LogP contribution in [0.15, 0.2) is 6.33 Å². The summed E-state index contributed by atoms with van der Waals surface area (Å²) in [6, 6.07) is 0. The summed E-state index contributed by atoms with van der Waals surface area (Å²) in [5, 5.41) is 8.22. The molecule has 3 heteroatoms. The van der Waals surface area contributed by atoms with Gasteiger partial charge in [-0.3, -0.25) is 0 Å². The van der Waals surface area contributed by atoms with E-state index in [0.29, 0.717) is 11.3 Å². The molecule has 0 aromatic carbocycles. The molecule has 0 bridgehead atoms. The van der Waals surface area contributed by atoms with E-state index in [9.17, 15) is 0 Å². The van der Waals surface area contributed by atoms with Gasteiger partial charge in [-0.2, -0.15) is 0 Å². The van der Waals surface area contributed by atoms with Gasteiger partial charge in [0.2, 0.25) is 0 Å². The molecule has 0 spiro atoms. The van der Waals surface area contributed by atoms with Gasteiger partial charge in [0, 0.05) is 13.0 Å². The predicted molar refractivity (Wildman–Crippen MR) is 67.3 cm³/mol. The Kier molecular flexibility index (Phi) is 4.51. The first-order chi connectivity index (χ1) is 7.42. The Labute approximate surface area is 99.3 Å². The number of rotatable bonds is 5. The van der Waals surface area contributed by atoms with E-state index in [1.807, 2.05) is 6.33 Å². The molecule has 0 aliphatic carbocycles. The minimum Gasteiger partial charge on any atom is -0.318 e. The molecule has 1 unspecified atom stereocenters. The van der Waals surface area contributed by atoms with Crippen LogP contribution in [-0.2, 0) is 13.0 Å². The van der Waals surface area contributed by atoms with E-state index in [1.165, 1.54) is 6.42 Å². The molecule has 0 amide bonds. The molecule has 16 heavy (non-hydrogen) atoms. The van der Waals surface area contributed by atoms with Crippen LogP contribution < -0.4 is 0 Å². The molecule has 1 aromatic rings. The Bertz CT molecular complexity index is 309. The number of aryl methyl sites for hydroxylation is 1. The molecule has 0 fully saturated rings. The summed E-state index contributed by atoms with van der Waals surface area (Å²) < 4.78 is 2.18. The zero-order valence-electron chi connectivity index (χ0n) is 11.3. The normalized spacial score (nSPS) is 14.1. The average Bonchev–Trinajstić information content (AvgIpc) is 2.50. The van der Waals surface area contributed by atoms with Crippen molar-refractivity contribution in [1.82, 2.24) is 14.8 Å². The molecule has 0 N–H and O–H groups in total. The number of aromatic nitrogens is 3. The Balaban J connectivity index is 2.55. The molecular formula is C13H25N3. The fourth-order valence-corrected chi connectivity index (χ4v) is 2.29. The third-order valence-electron chi connectivity index (χ3n) is 2.65. The Morgan fingerprint density at radius 1 is 1.38 bits per heavy atom. The lowest BCUT2D eigenvalue weighted by molar-refractivity contribution is 0.301. The quantitative estimate of drug-likeness (QED) is 0.766. The van der Waals surface area contributed by atoms with E-state index in [0.717, 1.165) is 25.2 Å². The topological polar surface area (TPSA) is 30.7 Å². The summed E-state index contributed by atoms with van der Waals surface area (Å²) >= 11 is 0. The fourth-order valence-electron chi connectivity index (χ4n) is 2.29. The third kappa shape index (κ3) is 4.33. The van der Waals surface area contributed by atoms with Crippen LogP contribution in [0.1, 0.15) is 53.3 Å². The van der Waals surface area contributed by atoms with Crippen LogP contribution in [-0.4, -0.2) is 14.8 Å². The molecule has 0 aliphatic heterocycles. The smallest absolute Gasteiger partial charge is 0.133 e. The van der Waals surface area contributed by atoms with E-state index < -0.39 is 0 Å². The van der Waals surface area contributed by atoms with Gasteiger partial charge in [-0.25, -0.2) is 0 Å². The summed E-state index contributed by atoms with van der Waals surface area (Å²) in [6.45, 7) is 12.4. The largest absolute Gasteiger partial charge is 0.318 e. The Morgan fingerprint density at radius 3 is 2.62 bits per heavy atom. The van der Waals surface area contributed by atoms with Gasteiger partial charge in [0.15, 0.2) is 0 Å². The van der Waals surface area contributed by atoms with Crippen molar-refractivity contribution in [3.63, 3.8) is 0 Å². The van der Waals surface area contributed by atoms with E-state index in [4.69, 9.17) is 0 Å². The molecule has 1 atom stereocenters. The molecule has 3 nitrogen and oxygen atoms in total. The van der Waals surface area contributed by atoms with Gasteiger partial charge in [0.25, 0.3) is 0 Å². The van der Waals surface area contributed by atoms with E-state index >= 15 is 0 Å². The van der Waals surface area contributed by atoms with Gasteiger partial charge < -0.3 is 4.57 Å². The average molecular weight is 223 g/mol. The monoisotopic (exact) mass is 223 g/mol. The minimum absolute atomic E-state index is 0.398. The van der Waals surface area contributed by atoms with Gasteiger partial charge in [0.05, 0.1) is 0 Å². The second-order valence-electron chi connectivity index (χ2n) is 6.01. The van der Waals surface area contributed by atoms with Crippen molar-refractivity contribution in [3.05, 3.63) is 12.2 Å². The van der Waals surface area contributed by atoms with E-state index in [2.05, 4.69) is 49.4 Å². The summed E-state index contributed by atoms with van der Waals surface area (Å²) in [5.41, 5.74) is 0.398. The third-order valence-corrected chi connectivity index (χ3v) is 2.65. The van der Waals surface area contributed by atoms with E-state index in [-0.39, 0.29) is 0 Å². The summed E-state index contributed by atoms with van der Waals surface area (Å²) in [7, 11) is 0. The van der Waals surface area contributed by atoms with E-state index in [1.54, 1.807) is 0 Å². The van der Waals surface area contributed by atoms with Crippen LogP contribution in [0.3, 0.4) is 0 Å². The molecule has 0 saturated carbocycles. The first kappa shape index (κ1) is 13.2. The zero-order chi connectivity index (χ0) is 12.2. The van der Waals surface area contributed by atoms with Crippen LogP contribution in [0, 0.1) is 11.3 Å². The summed E-state index contributed by atoms with van der Waals surface area (Å²) in [5.74, 6) is 1.80. The van der Waals surface area contributed by atoms with Crippen LogP contribution in [0.5, 0.6) is 0 Å². The number of hydrogen-bond acceptors (Lipinski definition) is 2. The lowest BCUT2D eigenvalue weighted by atomic mass is 9.84. The summed E-state index contributed by atoms with van der Waals surface area (Å²) in [6.07, 6.45) is 5.25. The maximum absolute atomic E-state index is 4.22. The number of hydrogen-bond donors (Lipinski definition) is 0. The molecule has 0 radical (unpaired) electrons. The van der Waals surface area contributed by atoms with Gasteiger partial charge in [-0.05, 0) is 24.2 Å². The second kappa shape index (κ2) is 5.46. The first-order valence-corrected chi connectivity index (χ1v) is 6.29. The van der Waals surface area contributed by atoms with Crippen molar-refractivity contribution in [2.45, 2.75) is 60.4 Å². The van der Waals surface area contributed by atoms with Gasteiger partial charge in [-0.1, -0.05) is 34.6 Å². The van der Waals surface area contributed by atoms with Gasteiger partial charge >= 0.3 is 0 Å². The van der Waals surface area contributed by atoms with Gasteiger partial charge in [-0.15, -0.1) is 10.2 Å². The maximum atomic E-state index is 4.22. The standard InChI is InChI=1S/C13H25N3/c1-6-7-16-10-14-15-12(16)8-11(2)9-13(3,4)5/h10-11H,6-9H2,1-5H3. The molecule has 0 aliphatic rings. The van der Waals surface area contributed by atoms with Crippen molar-refractivity contribution < 1.29 is 0 Å². The van der Waals surface area contributed by atoms with Crippen molar-refractivity contribution >= 4 is 0 Å². The zero-order valence-corrected chi connectivity index (χ0v) is 11.3. The fraction of sp³-hybridized carbons (Fsp3) is 0.846. The molecule has 92 valence electrons. The highest BCUT2D eigenvalue weighted by Gasteiger charge is 2.17. The van der Waals surface area contributed by atoms with Crippen LogP contribution in [0.2, 0.25) is 0 Å². The molecular weight excluding hydrogens is 198 g/mol. The van der Waals surface area contributed by atoms with Crippen molar-refractivity contribution in [2.75, 3.05) is 0 Å². The Morgan fingerprint density at radius 2 is 2.06 bits per heavy atom. The Hall–Kier alpha value is -0.860. The molecule has 0 saturated heterocycles. The molecule has 1 rings (SSSR count). The second-order valence-corrected chi connectivity index (χ2v) is 6.01. The predicted octanol–water partition coefficient (Wildman–Crippen LogP) is 3.30. The highest BCUT2D eigenvalue weighted by atomic mass is 15.3. The highest BCUT2D eigenvalue weighted by molar-refractivity contribution is 4.88. The summed E-state index contributed by atoms with van der Waals surface area (Å²) in [4.78, 5) is 0. The number of nitrogens with zero attached hydrogens (tertiary/aromatic N) is 3. The SMILES string of the molecule is CCCn1cnnc1CC(C)CC(C)(C)C. The lowest BCUT2D eigenvalue weighted by Gasteiger charge is -2.22. The maximum Gasteiger partial charge on any atom is 0.133 e. The van der Waals surface area contributed by atoms with Gasteiger partial charge in [0.1, 0.15) is 12.2 Å². The van der Waals surface area contributed by atoms with Crippen LogP contribution >= 0.6 is 0 Å². The van der Waals surface area contributed by atoms with Crippen LogP contribution in [0.25, 0.3) is 0 Å².